The summed E-state index contributed by atoms with van der Waals surface area (Å²) < 4.78 is 98.6. The van der Waals surface area contributed by atoms with E-state index in [0.29, 0.717) is 0 Å². The summed E-state index contributed by atoms with van der Waals surface area (Å²) in [6, 6.07) is -3.58. The van der Waals surface area contributed by atoms with Crippen LogP contribution in [0.3, 0.4) is 0 Å². The lowest BCUT2D eigenvalue weighted by Crippen LogP contribution is -2.70. The molecule has 0 aromatic carbocycles. The molecule has 0 spiro atoms. The van der Waals surface area contributed by atoms with Gasteiger partial charge in [-0.05, 0) is 0 Å². The summed E-state index contributed by atoms with van der Waals surface area (Å²) in [5, 5.41) is 301. The minimum Gasteiger partial charge on any atom is -0.394 e. The normalized spacial score (nSPS) is 51.2. The number of amides is 2. The Balaban J connectivity index is 1.07. The van der Waals surface area contributed by atoms with E-state index in [2.05, 4.69) is 10.6 Å². The van der Waals surface area contributed by atoms with E-state index in [-0.39, 0.29) is 0 Å². The fraction of sp³-hybridized carbons (Fsp3) is 0.966. The van der Waals surface area contributed by atoms with Gasteiger partial charge in [0.2, 0.25) is 11.8 Å². The number of carbonyl (C=O) groups excluding carboxylic acids is 2. The largest absolute Gasteiger partial charge is 0.394 e. The van der Waals surface area contributed by atoms with Gasteiger partial charge in [0.15, 0.2) is 56.6 Å². The summed E-state index contributed by atoms with van der Waals surface area (Å²) in [5.74, 6) is -1.74. The molecule has 29 N–H and O–H groups in total. The Kier molecular flexibility index (Phi) is 31.1. The smallest absolute Gasteiger partial charge is 0.217 e. The fourth-order valence-electron chi connectivity index (χ4n) is 13.4. The maximum atomic E-state index is 13.0. The van der Waals surface area contributed by atoms with Crippen molar-refractivity contribution in [1.29, 1.82) is 0 Å². The first kappa shape index (κ1) is 87.2. The molecule has 48 nitrogen and oxygen atoms in total. The number of ether oxygens (including phenoxy) is 17. The Labute approximate surface area is 598 Å². The van der Waals surface area contributed by atoms with E-state index in [9.17, 15) is 147 Å². The van der Waals surface area contributed by atoms with Crippen molar-refractivity contribution in [3.63, 3.8) is 0 Å². The van der Waals surface area contributed by atoms with Crippen LogP contribution in [0.1, 0.15) is 13.8 Å². The molecule has 2 amide bonds. The minimum absolute atomic E-state index is 0.789. The lowest BCUT2D eigenvalue weighted by Gasteiger charge is -2.51. The zero-order chi connectivity index (χ0) is 77.9. The van der Waals surface area contributed by atoms with E-state index in [4.69, 9.17) is 80.5 Å². The van der Waals surface area contributed by atoms with Crippen LogP contribution in [0.5, 0.6) is 0 Å². The fourth-order valence-corrected chi connectivity index (χ4v) is 13.4. The second kappa shape index (κ2) is 37.9. The highest BCUT2D eigenvalue weighted by Gasteiger charge is 2.60. The van der Waals surface area contributed by atoms with Crippen LogP contribution in [-0.2, 0) is 90.1 Å². The molecule has 45 atom stereocenters. The van der Waals surface area contributed by atoms with E-state index in [1.54, 1.807) is 0 Å². The molecule has 0 saturated carbocycles. The van der Waals surface area contributed by atoms with Gasteiger partial charge in [0, 0.05) is 13.8 Å². The maximum absolute atomic E-state index is 13.0. The van der Waals surface area contributed by atoms with Crippen molar-refractivity contribution in [2.45, 2.75) is 290 Å². The van der Waals surface area contributed by atoms with Crippen LogP contribution in [0.4, 0.5) is 0 Å². The maximum Gasteiger partial charge on any atom is 0.217 e. The first-order valence-corrected chi connectivity index (χ1v) is 33.7. The monoisotopic (exact) mass is 1560 g/mol. The molecule has 9 saturated heterocycles. The summed E-state index contributed by atoms with van der Waals surface area (Å²) in [5.41, 5.74) is 0. The third-order valence-electron chi connectivity index (χ3n) is 19.5. The van der Waals surface area contributed by atoms with Gasteiger partial charge in [-0.3, -0.25) is 9.59 Å². The molecule has 9 aliphatic heterocycles. The summed E-state index contributed by atoms with van der Waals surface area (Å²) in [4.78, 5) is 25.1. The van der Waals surface area contributed by atoms with Gasteiger partial charge < -0.3 is 229 Å². The van der Waals surface area contributed by atoms with Crippen molar-refractivity contribution in [2.24, 2.45) is 0 Å². The summed E-state index contributed by atoms with van der Waals surface area (Å²) in [6.45, 7) is -7.51. The second-order valence-electron chi connectivity index (χ2n) is 26.8. The van der Waals surface area contributed by atoms with Crippen LogP contribution in [0.15, 0.2) is 0 Å². The predicted molar refractivity (Wildman–Crippen MR) is 320 cm³/mol. The third kappa shape index (κ3) is 18.8. The molecule has 0 aliphatic carbocycles. The van der Waals surface area contributed by atoms with E-state index < -0.39 is 348 Å². The second-order valence-corrected chi connectivity index (χ2v) is 26.8. The highest BCUT2D eigenvalue weighted by molar-refractivity contribution is 5.73. The average Bonchev–Trinajstić information content (AvgIpc) is 0.773. The molecule has 0 aromatic rings. The molecular formula is C58H98N2O46. The van der Waals surface area contributed by atoms with Gasteiger partial charge in [-0.25, -0.2) is 0 Å². The van der Waals surface area contributed by atoms with Gasteiger partial charge in [0.05, 0.1) is 59.5 Å². The Morgan fingerprint density at radius 1 is 0.245 bits per heavy atom. The Morgan fingerprint density at radius 3 is 0.925 bits per heavy atom. The third-order valence-corrected chi connectivity index (χ3v) is 19.5. The predicted octanol–water partition coefficient (Wildman–Crippen LogP) is -20.3. The van der Waals surface area contributed by atoms with E-state index in [1.807, 2.05) is 0 Å². The molecular weight excluding hydrogens is 1460 g/mol. The van der Waals surface area contributed by atoms with Gasteiger partial charge in [-0.2, -0.15) is 0 Å². The van der Waals surface area contributed by atoms with Crippen LogP contribution in [0.2, 0.25) is 0 Å². The molecule has 9 fully saturated rings. The highest BCUT2D eigenvalue weighted by Crippen LogP contribution is 2.39. The van der Waals surface area contributed by atoms with Crippen LogP contribution in [-0.4, -0.2) is 485 Å². The number of carbonyl (C=O) groups is 2. The molecule has 9 aliphatic rings. The first-order chi connectivity index (χ1) is 50.1. The Morgan fingerprint density at radius 2 is 0.509 bits per heavy atom. The number of hydrogen-bond donors (Lipinski definition) is 29. The first-order valence-electron chi connectivity index (χ1n) is 33.7. The Hall–Kier alpha value is -2.82. The van der Waals surface area contributed by atoms with E-state index in [1.165, 1.54) is 0 Å². The summed E-state index contributed by atoms with van der Waals surface area (Å²) in [6.07, 6.45) is -90.3. The lowest BCUT2D eigenvalue weighted by molar-refractivity contribution is -0.401. The van der Waals surface area contributed by atoms with E-state index >= 15 is 0 Å². The van der Waals surface area contributed by atoms with Gasteiger partial charge in [-0.15, -0.1) is 0 Å². The molecule has 616 valence electrons. The zero-order valence-electron chi connectivity index (χ0n) is 56.2. The molecule has 0 aromatic heterocycles. The van der Waals surface area contributed by atoms with Gasteiger partial charge in [0.25, 0.3) is 0 Å². The van der Waals surface area contributed by atoms with Crippen LogP contribution in [0, 0.1) is 0 Å². The molecule has 9 rings (SSSR count). The molecule has 9 heterocycles. The number of hydrogen-bond acceptors (Lipinski definition) is 46. The molecule has 1 unspecified atom stereocenters. The van der Waals surface area contributed by atoms with Crippen molar-refractivity contribution >= 4 is 11.8 Å². The number of aliphatic hydroxyl groups excluding tert-OH is 27. The molecule has 106 heavy (non-hydrogen) atoms. The van der Waals surface area contributed by atoms with Gasteiger partial charge in [-0.1, -0.05) is 0 Å². The molecule has 48 heteroatoms. The standard InChI is InChI=1S/C58H98N2O46/c1-12(67)59-23-32(76)45(18(7-65)93-50(23)89)102-51-24(60-13(2)68)33(77)46(19(8-66)98-51)103-57-44(88)48(105-58-49(106-56-42(86)37(81)28(72)17(6-64)97-56)38(82)29(73)20(101-58)9-90-52-39(83)34(78)25(69)14(3-61)94-52)31(75)22(100-57)11-92-54-43(87)47(104-55-41(85)36(80)27(71)16(5-63)96-55)30(74)21(99-54)10-91-53-40(84)35(79)26(70)15(4-62)95-53/h14-58,61-66,69-89H,3-11H2,1-2H3,(H,59,67)(H,60,68)/t14-,15-,16-,17-,18-,19-,20-,21-,22-,23-,24-,25-,26-,27-,28-,29-,30-,31-,32-,33-,34+,35+,36+,37+,38+,39+,40+,41+,42+,43+,44+,45-,46-,47+,48+,49+,50?,51+,52+,53+,54+,55-,56-,57+,58-/m1/s1. The Bertz CT molecular complexity index is 2710. The van der Waals surface area contributed by atoms with Gasteiger partial charge >= 0.3 is 0 Å². The highest BCUT2D eigenvalue weighted by atomic mass is 16.8. The average molecular weight is 1560 g/mol. The zero-order valence-corrected chi connectivity index (χ0v) is 56.2. The van der Waals surface area contributed by atoms with Crippen molar-refractivity contribution in [3.05, 3.63) is 0 Å². The minimum atomic E-state index is -2.60. The van der Waals surface area contributed by atoms with Crippen LogP contribution in [0.25, 0.3) is 0 Å². The van der Waals surface area contributed by atoms with Crippen molar-refractivity contribution < 1.29 is 228 Å². The lowest BCUT2D eigenvalue weighted by atomic mass is 9.94. The van der Waals surface area contributed by atoms with Crippen molar-refractivity contribution in [3.8, 4) is 0 Å². The SMILES string of the molecule is CC(=O)N[C@H]1[C@H](O[C@H]2[C@H](O)[C@@H](NC(C)=O)C(O)O[C@@H]2CO)O[C@H](CO)[C@@H](O[C@@H]2O[C@H](CO[C@H]3O[C@H](CO[C@H]4O[C@H](CO)[C@@H](O)[C@H](O)[C@@H]4O)[C@@H](O)[C@H](O[C@H]4O[C@H](CO)[C@@H](O)[C@H](O)[C@@H]4O)[C@@H]3O)[C@@H](O)[C@H](O[C@H]3O[C@H](CO[C@H]4O[C@H](CO)[C@@H](O)[C@H](O)[C@@H]4O)[C@@H](O)[C@H](O)[C@@H]3O[C@H]3O[C@H](CO)[C@@H](O)[C@H](O)[C@@H]3O)[C@@H]2O)[C@@H]1O. The van der Waals surface area contributed by atoms with Crippen LogP contribution < -0.4 is 10.6 Å². The van der Waals surface area contributed by atoms with Gasteiger partial charge in [0.1, 0.15) is 220 Å². The number of aliphatic hydroxyl groups is 27. The molecule has 0 radical (unpaired) electrons. The topological polar surface area (TPSA) is 761 Å². The van der Waals surface area contributed by atoms with Crippen molar-refractivity contribution in [2.75, 3.05) is 59.5 Å². The summed E-state index contributed by atoms with van der Waals surface area (Å²) >= 11 is 0. The van der Waals surface area contributed by atoms with Crippen LogP contribution >= 0.6 is 0 Å². The summed E-state index contributed by atoms with van der Waals surface area (Å²) in [7, 11) is 0. The number of nitrogens with one attached hydrogen (secondary N) is 2. The van der Waals surface area contributed by atoms with E-state index in [0.717, 1.165) is 13.8 Å². The number of rotatable bonds is 27. The molecule has 0 bridgehead atoms. The quantitative estimate of drug-likeness (QED) is 0.0363. The van der Waals surface area contributed by atoms with Crippen molar-refractivity contribution in [1.82, 2.24) is 10.6 Å².